The van der Waals surface area contributed by atoms with Crippen LogP contribution >= 0.6 is 11.8 Å². The van der Waals surface area contributed by atoms with Crippen molar-refractivity contribution in [3.8, 4) is 11.4 Å². The molecule has 2 aromatic carbocycles. The maximum absolute atomic E-state index is 13.3. The molecule has 1 atom stereocenters. The van der Waals surface area contributed by atoms with Gasteiger partial charge in [0.2, 0.25) is 5.91 Å². The van der Waals surface area contributed by atoms with Crippen LogP contribution in [0.2, 0.25) is 0 Å². The van der Waals surface area contributed by atoms with Crippen molar-refractivity contribution in [1.82, 2.24) is 25.2 Å². The number of nitrogens with one attached hydrogen (secondary N) is 2. The van der Waals surface area contributed by atoms with Crippen LogP contribution in [0.4, 0.5) is 0 Å². The maximum atomic E-state index is 13.3. The molecule has 2 aromatic heterocycles. The van der Waals surface area contributed by atoms with Gasteiger partial charge in [0.1, 0.15) is 11.9 Å². The molecule has 4 aromatic rings. The van der Waals surface area contributed by atoms with Gasteiger partial charge in [0.05, 0.1) is 24.2 Å². The van der Waals surface area contributed by atoms with E-state index in [-0.39, 0.29) is 11.8 Å². The Labute approximate surface area is 207 Å². The zero-order valence-electron chi connectivity index (χ0n) is 19.0. The molecular weight excluding hydrogens is 462 g/mol. The molecule has 0 radical (unpaired) electrons. The minimum absolute atomic E-state index is 0.0901. The van der Waals surface area contributed by atoms with Crippen molar-refractivity contribution < 1.29 is 14.3 Å². The van der Waals surface area contributed by atoms with Gasteiger partial charge < -0.3 is 19.9 Å². The number of fused-ring (bicyclic) bond motifs is 1. The van der Waals surface area contributed by atoms with E-state index in [9.17, 15) is 9.59 Å². The number of amides is 2. The fourth-order valence-corrected chi connectivity index (χ4v) is 4.85. The number of hydrogen-bond acceptors (Lipinski definition) is 6. The number of imidazole rings is 1. The van der Waals surface area contributed by atoms with Gasteiger partial charge in [-0.15, -0.1) is 11.8 Å². The number of carbonyl (C=O) groups excluding carboxylic acids is 2. The van der Waals surface area contributed by atoms with E-state index in [0.717, 1.165) is 21.5 Å². The van der Waals surface area contributed by atoms with Crippen molar-refractivity contribution in [3.63, 3.8) is 0 Å². The molecule has 0 aliphatic carbocycles. The highest BCUT2D eigenvalue weighted by Gasteiger charge is 2.28. The van der Waals surface area contributed by atoms with Gasteiger partial charge in [-0.05, 0) is 42.5 Å². The Hall–Kier alpha value is -3.69. The SMILES string of the molecule is O=C(N[C@@H](CSc1ccccc1)C(=O)N1CCOCC1)c1ccc2nc(-c3ccncc3)[nH]c2c1. The molecule has 8 nitrogen and oxygen atoms in total. The number of pyridine rings is 1. The molecule has 0 unspecified atom stereocenters. The minimum atomic E-state index is -0.657. The summed E-state index contributed by atoms with van der Waals surface area (Å²) < 4.78 is 5.38. The van der Waals surface area contributed by atoms with Crippen LogP contribution in [0.3, 0.4) is 0 Å². The fraction of sp³-hybridized carbons (Fsp3) is 0.231. The van der Waals surface area contributed by atoms with Crippen LogP contribution in [0.5, 0.6) is 0 Å². The van der Waals surface area contributed by atoms with Crippen LogP contribution in [-0.4, -0.2) is 69.8 Å². The second-order valence-corrected chi connectivity index (χ2v) is 9.23. The first-order valence-electron chi connectivity index (χ1n) is 11.4. The third-order valence-corrected chi connectivity index (χ3v) is 6.89. The quantitative estimate of drug-likeness (QED) is 0.388. The van der Waals surface area contributed by atoms with Crippen LogP contribution in [0.25, 0.3) is 22.4 Å². The number of thioether (sulfide) groups is 1. The highest BCUT2D eigenvalue weighted by atomic mass is 32.2. The molecular formula is C26H25N5O3S. The van der Waals surface area contributed by atoms with Crippen molar-refractivity contribution in [2.24, 2.45) is 0 Å². The number of H-pyrrole nitrogens is 1. The van der Waals surface area contributed by atoms with Crippen molar-refractivity contribution in [2.75, 3.05) is 32.1 Å². The molecule has 2 N–H and O–H groups in total. The second kappa shape index (κ2) is 10.7. The number of ether oxygens (including phenoxy) is 1. The highest BCUT2D eigenvalue weighted by molar-refractivity contribution is 7.99. The van der Waals surface area contributed by atoms with E-state index in [4.69, 9.17) is 4.74 Å². The van der Waals surface area contributed by atoms with E-state index in [2.05, 4.69) is 20.3 Å². The van der Waals surface area contributed by atoms with E-state index in [1.165, 1.54) is 0 Å². The summed E-state index contributed by atoms with van der Waals surface area (Å²) in [5.41, 5.74) is 2.89. The molecule has 3 heterocycles. The van der Waals surface area contributed by atoms with Crippen molar-refractivity contribution in [3.05, 3.63) is 78.6 Å². The Balaban J connectivity index is 1.34. The minimum Gasteiger partial charge on any atom is -0.378 e. The number of carbonyl (C=O) groups is 2. The zero-order chi connectivity index (χ0) is 24.0. The molecule has 0 spiro atoms. The van der Waals surface area contributed by atoms with Gasteiger partial charge in [-0.25, -0.2) is 4.98 Å². The first kappa shape index (κ1) is 23.1. The Kier molecular flexibility index (Phi) is 7.06. The van der Waals surface area contributed by atoms with E-state index in [0.29, 0.717) is 43.4 Å². The lowest BCUT2D eigenvalue weighted by atomic mass is 10.1. The largest absolute Gasteiger partial charge is 0.378 e. The first-order valence-corrected chi connectivity index (χ1v) is 12.4. The summed E-state index contributed by atoms with van der Waals surface area (Å²) >= 11 is 1.55. The van der Waals surface area contributed by atoms with Crippen LogP contribution in [0.1, 0.15) is 10.4 Å². The fourth-order valence-electron chi connectivity index (χ4n) is 3.91. The van der Waals surface area contributed by atoms with Gasteiger partial charge >= 0.3 is 0 Å². The summed E-state index contributed by atoms with van der Waals surface area (Å²) in [6.07, 6.45) is 3.42. The monoisotopic (exact) mass is 487 g/mol. The number of rotatable bonds is 7. The standard InChI is InChI=1S/C26H25N5O3S/c32-25(19-6-7-21-22(16-19)29-24(28-21)18-8-10-27-11-9-18)30-23(17-35-20-4-2-1-3-5-20)26(33)31-12-14-34-15-13-31/h1-11,16,23H,12-15,17H2,(H,28,29)(H,30,32)/t23-/m0/s1. The van der Waals surface area contributed by atoms with Crippen molar-refractivity contribution in [1.29, 1.82) is 0 Å². The smallest absolute Gasteiger partial charge is 0.252 e. The average molecular weight is 488 g/mol. The summed E-state index contributed by atoms with van der Waals surface area (Å²) in [5.74, 6) is 0.754. The molecule has 1 aliphatic rings. The predicted octanol–water partition coefficient (Wildman–Crippen LogP) is 3.37. The number of aromatic nitrogens is 3. The molecule has 0 bridgehead atoms. The Morgan fingerprint density at radius 1 is 1.06 bits per heavy atom. The molecule has 9 heteroatoms. The summed E-state index contributed by atoms with van der Waals surface area (Å²) in [6, 6.07) is 18.3. The van der Waals surface area contributed by atoms with E-state index in [1.807, 2.05) is 48.5 Å². The van der Waals surface area contributed by atoms with Crippen molar-refractivity contribution >= 4 is 34.6 Å². The molecule has 1 aliphatic heterocycles. The molecule has 1 saturated heterocycles. The normalized spacial score (nSPS) is 14.6. The average Bonchev–Trinajstić information content (AvgIpc) is 3.36. The number of morpholine rings is 1. The molecule has 5 rings (SSSR count). The number of nitrogens with zero attached hydrogens (tertiary/aromatic N) is 3. The summed E-state index contributed by atoms with van der Waals surface area (Å²) in [4.78, 5) is 41.2. The number of benzene rings is 2. The van der Waals surface area contributed by atoms with E-state index < -0.39 is 6.04 Å². The lowest BCUT2D eigenvalue weighted by molar-refractivity contribution is -0.136. The molecule has 2 amide bonds. The third kappa shape index (κ3) is 5.52. The van der Waals surface area contributed by atoms with Crippen LogP contribution in [-0.2, 0) is 9.53 Å². The lowest BCUT2D eigenvalue weighted by Crippen LogP contribution is -2.52. The second-order valence-electron chi connectivity index (χ2n) is 8.14. The first-order chi connectivity index (χ1) is 17.2. The lowest BCUT2D eigenvalue weighted by Gasteiger charge is -2.30. The van der Waals surface area contributed by atoms with Gasteiger partial charge in [0.25, 0.3) is 5.91 Å². The van der Waals surface area contributed by atoms with Crippen molar-refractivity contribution in [2.45, 2.75) is 10.9 Å². The van der Waals surface area contributed by atoms with E-state index >= 15 is 0 Å². The van der Waals surface area contributed by atoms with Crippen LogP contribution < -0.4 is 5.32 Å². The number of aromatic amines is 1. The van der Waals surface area contributed by atoms with Gasteiger partial charge in [-0.2, -0.15) is 0 Å². The summed E-state index contributed by atoms with van der Waals surface area (Å²) in [7, 11) is 0. The summed E-state index contributed by atoms with van der Waals surface area (Å²) in [6.45, 7) is 2.07. The third-order valence-electron chi connectivity index (χ3n) is 5.78. The van der Waals surface area contributed by atoms with Gasteiger partial charge in [-0.1, -0.05) is 18.2 Å². The van der Waals surface area contributed by atoms with Gasteiger partial charge in [0, 0.05) is 47.3 Å². The summed E-state index contributed by atoms with van der Waals surface area (Å²) in [5, 5.41) is 2.97. The zero-order valence-corrected chi connectivity index (χ0v) is 19.8. The Bertz CT molecular complexity index is 1310. The topological polar surface area (TPSA) is 100 Å². The van der Waals surface area contributed by atoms with Crippen LogP contribution in [0, 0.1) is 0 Å². The Morgan fingerprint density at radius 2 is 1.83 bits per heavy atom. The molecule has 0 saturated carbocycles. The van der Waals surface area contributed by atoms with E-state index in [1.54, 1.807) is 41.2 Å². The van der Waals surface area contributed by atoms with Crippen LogP contribution in [0.15, 0.2) is 78.0 Å². The highest BCUT2D eigenvalue weighted by Crippen LogP contribution is 2.22. The predicted molar refractivity (Wildman–Crippen MR) is 135 cm³/mol. The Morgan fingerprint density at radius 3 is 2.60 bits per heavy atom. The van der Waals surface area contributed by atoms with Gasteiger partial charge in [-0.3, -0.25) is 14.6 Å². The maximum Gasteiger partial charge on any atom is 0.252 e. The molecule has 178 valence electrons. The number of hydrogen-bond donors (Lipinski definition) is 2. The molecule has 35 heavy (non-hydrogen) atoms. The van der Waals surface area contributed by atoms with Gasteiger partial charge in [0.15, 0.2) is 0 Å². The molecule has 1 fully saturated rings.